The highest BCUT2D eigenvalue weighted by Crippen LogP contribution is 2.33. The fourth-order valence-electron chi connectivity index (χ4n) is 4.18. The van der Waals surface area contributed by atoms with Gasteiger partial charge in [0.2, 0.25) is 5.95 Å². The Kier molecular flexibility index (Phi) is 5.40. The van der Waals surface area contributed by atoms with E-state index in [2.05, 4.69) is 37.6 Å². The van der Waals surface area contributed by atoms with Gasteiger partial charge in [-0.2, -0.15) is 5.26 Å². The Balaban J connectivity index is 1.26. The number of aromatic nitrogens is 2. The molecular formula is C24H22N6O2. The van der Waals surface area contributed by atoms with Crippen LogP contribution in [0, 0.1) is 11.3 Å². The summed E-state index contributed by atoms with van der Waals surface area (Å²) in [6.07, 6.45) is 3.19. The van der Waals surface area contributed by atoms with Crippen molar-refractivity contribution in [2.45, 2.75) is 18.6 Å². The van der Waals surface area contributed by atoms with Crippen LogP contribution in [0.1, 0.15) is 16.8 Å². The van der Waals surface area contributed by atoms with Crippen molar-refractivity contribution < 1.29 is 9.53 Å². The Labute approximate surface area is 185 Å². The molecule has 2 N–H and O–H groups in total. The van der Waals surface area contributed by atoms with Gasteiger partial charge in [0.25, 0.3) is 5.91 Å². The molecule has 3 heterocycles. The lowest BCUT2D eigenvalue weighted by atomic mass is 10.1. The second-order valence-electron chi connectivity index (χ2n) is 7.85. The normalized spacial score (nSPS) is 18.9. The Hall–Kier alpha value is -3.96. The van der Waals surface area contributed by atoms with Gasteiger partial charge in [-0.05, 0) is 48.9 Å². The van der Waals surface area contributed by atoms with Gasteiger partial charge >= 0.3 is 0 Å². The quantitative estimate of drug-likeness (QED) is 0.584. The minimum atomic E-state index is -0.277. The molecule has 2 aliphatic heterocycles. The number of carbonyl (C=O) groups excluding carboxylic acids is 1. The van der Waals surface area contributed by atoms with Gasteiger partial charge < -0.3 is 20.3 Å². The zero-order valence-electron chi connectivity index (χ0n) is 17.4. The number of carbonyl (C=O) groups is 1. The minimum Gasteiger partial charge on any atom is -0.374 e. The third-order valence-electron chi connectivity index (χ3n) is 5.78. The molecule has 0 saturated carbocycles. The molecule has 0 radical (unpaired) electrons. The van der Waals surface area contributed by atoms with Crippen LogP contribution in [0.25, 0.3) is 11.3 Å². The number of rotatable bonds is 6. The average molecular weight is 426 g/mol. The van der Waals surface area contributed by atoms with Crippen LogP contribution in [-0.4, -0.2) is 47.7 Å². The van der Waals surface area contributed by atoms with Gasteiger partial charge in [-0.3, -0.25) is 4.79 Å². The van der Waals surface area contributed by atoms with Crippen molar-refractivity contribution in [2.24, 2.45) is 0 Å². The summed E-state index contributed by atoms with van der Waals surface area (Å²) in [5.74, 6) is 0.223. The lowest BCUT2D eigenvalue weighted by Crippen LogP contribution is -2.36. The van der Waals surface area contributed by atoms with Crippen molar-refractivity contribution in [3.8, 4) is 17.3 Å². The Morgan fingerprint density at radius 1 is 1.16 bits per heavy atom. The maximum atomic E-state index is 11.9. The fourth-order valence-corrected chi connectivity index (χ4v) is 4.18. The molecule has 0 spiro atoms. The molecule has 3 aromatic rings. The Bertz CT molecular complexity index is 1160. The SMILES string of the molecule is N#CCNC(=O)c1ccc(-c2ccnc(Nc3ccc(N4CC5CC4CO5)cc3)n2)cc1. The molecule has 1 amide bonds. The Morgan fingerprint density at radius 3 is 2.66 bits per heavy atom. The van der Waals surface area contributed by atoms with E-state index < -0.39 is 0 Å². The number of fused-ring (bicyclic) bond motifs is 2. The molecule has 5 rings (SSSR count). The van der Waals surface area contributed by atoms with Crippen LogP contribution in [-0.2, 0) is 4.74 Å². The van der Waals surface area contributed by atoms with Crippen molar-refractivity contribution in [3.05, 3.63) is 66.4 Å². The van der Waals surface area contributed by atoms with Gasteiger partial charge in [-0.1, -0.05) is 12.1 Å². The van der Waals surface area contributed by atoms with Crippen molar-refractivity contribution >= 4 is 23.2 Å². The van der Waals surface area contributed by atoms with Crippen LogP contribution in [0.3, 0.4) is 0 Å². The van der Waals surface area contributed by atoms with Crippen LogP contribution in [0.5, 0.6) is 0 Å². The van der Waals surface area contributed by atoms with Crippen LogP contribution < -0.4 is 15.5 Å². The second-order valence-corrected chi connectivity index (χ2v) is 7.85. The molecular weight excluding hydrogens is 404 g/mol. The van der Waals surface area contributed by atoms with E-state index in [1.54, 1.807) is 18.3 Å². The summed E-state index contributed by atoms with van der Waals surface area (Å²) in [5.41, 5.74) is 4.23. The predicted molar refractivity (Wildman–Crippen MR) is 121 cm³/mol. The van der Waals surface area contributed by atoms with Gasteiger partial charge in [0.05, 0.1) is 30.5 Å². The molecule has 2 fully saturated rings. The summed E-state index contributed by atoms with van der Waals surface area (Å²) in [6.45, 7) is 1.76. The topological polar surface area (TPSA) is 103 Å². The molecule has 2 saturated heterocycles. The van der Waals surface area contributed by atoms with Crippen LogP contribution >= 0.6 is 0 Å². The number of ether oxygens (including phenoxy) is 1. The van der Waals surface area contributed by atoms with Gasteiger partial charge in [-0.25, -0.2) is 9.97 Å². The number of hydrogen-bond donors (Lipinski definition) is 2. The summed E-state index contributed by atoms with van der Waals surface area (Å²) < 4.78 is 5.69. The van der Waals surface area contributed by atoms with Crippen LogP contribution in [0.15, 0.2) is 60.8 Å². The van der Waals surface area contributed by atoms with Crippen molar-refractivity contribution in [3.63, 3.8) is 0 Å². The second kappa shape index (κ2) is 8.65. The molecule has 8 nitrogen and oxygen atoms in total. The van der Waals surface area contributed by atoms with E-state index in [1.807, 2.05) is 36.4 Å². The van der Waals surface area contributed by atoms with E-state index in [1.165, 1.54) is 5.69 Å². The van der Waals surface area contributed by atoms with Crippen LogP contribution in [0.4, 0.5) is 17.3 Å². The molecule has 2 unspecified atom stereocenters. The number of hydrogen-bond acceptors (Lipinski definition) is 7. The van der Waals surface area contributed by atoms with Gasteiger partial charge in [0, 0.05) is 35.2 Å². The number of nitrogens with zero attached hydrogens (tertiary/aromatic N) is 4. The molecule has 2 atom stereocenters. The summed E-state index contributed by atoms with van der Waals surface area (Å²) in [6, 6.07) is 19.6. The largest absolute Gasteiger partial charge is 0.374 e. The molecule has 0 aliphatic carbocycles. The first-order valence-electron chi connectivity index (χ1n) is 10.5. The maximum absolute atomic E-state index is 11.9. The van der Waals surface area contributed by atoms with E-state index in [9.17, 15) is 4.79 Å². The number of benzene rings is 2. The lowest BCUT2D eigenvalue weighted by molar-refractivity contribution is 0.0958. The third-order valence-corrected chi connectivity index (χ3v) is 5.78. The molecule has 2 aromatic carbocycles. The predicted octanol–water partition coefficient (Wildman–Crippen LogP) is 3.12. The summed E-state index contributed by atoms with van der Waals surface area (Å²) in [4.78, 5) is 23.3. The first-order chi connectivity index (χ1) is 15.7. The first-order valence-corrected chi connectivity index (χ1v) is 10.5. The highest BCUT2D eigenvalue weighted by molar-refractivity contribution is 5.94. The molecule has 1 aromatic heterocycles. The highest BCUT2D eigenvalue weighted by Gasteiger charge is 2.38. The zero-order valence-corrected chi connectivity index (χ0v) is 17.4. The fraction of sp³-hybridized carbons (Fsp3) is 0.250. The molecule has 8 heteroatoms. The van der Waals surface area contributed by atoms with Gasteiger partial charge in [-0.15, -0.1) is 0 Å². The zero-order chi connectivity index (χ0) is 21.9. The number of nitrogens with one attached hydrogen (secondary N) is 2. The average Bonchev–Trinajstić information content (AvgIpc) is 3.47. The monoisotopic (exact) mass is 426 g/mol. The number of morpholine rings is 1. The first kappa shape index (κ1) is 20.0. The van der Waals surface area contributed by atoms with E-state index in [-0.39, 0.29) is 12.5 Å². The molecule has 2 aliphatic rings. The van der Waals surface area contributed by atoms with Crippen LogP contribution in [0.2, 0.25) is 0 Å². The summed E-state index contributed by atoms with van der Waals surface area (Å²) >= 11 is 0. The molecule has 2 bridgehead atoms. The highest BCUT2D eigenvalue weighted by atomic mass is 16.5. The molecule has 160 valence electrons. The lowest BCUT2D eigenvalue weighted by Gasteiger charge is -2.29. The molecule has 32 heavy (non-hydrogen) atoms. The van der Waals surface area contributed by atoms with Gasteiger partial charge in [0.1, 0.15) is 6.54 Å². The smallest absolute Gasteiger partial charge is 0.252 e. The standard InChI is InChI=1S/C24H22N6O2/c25-10-12-26-23(31)17-3-1-16(2-4-17)22-9-11-27-24(29-22)28-18-5-7-19(8-6-18)30-14-21-13-20(30)15-32-21/h1-9,11,20-21H,12-15H2,(H,26,31)(H,27,28,29). The van der Waals surface area contributed by atoms with E-state index in [0.29, 0.717) is 23.7 Å². The minimum absolute atomic E-state index is 0.0178. The summed E-state index contributed by atoms with van der Waals surface area (Å²) in [5, 5.41) is 14.4. The number of anilines is 3. The van der Waals surface area contributed by atoms with Gasteiger partial charge in [0.15, 0.2) is 0 Å². The maximum Gasteiger partial charge on any atom is 0.252 e. The third kappa shape index (κ3) is 4.11. The van der Waals surface area contributed by atoms with E-state index in [0.717, 1.165) is 36.5 Å². The summed E-state index contributed by atoms with van der Waals surface area (Å²) in [7, 11) is 0. The van der Waals surface area contributed by atoms with E-state index in [4.69, 9.17) is 10.00 Å². The Morgan fingerprint density at radius 2 is 1.97 bits per heavy atom. The number of amides is 1. The van der Waals surface area contributed by atoms with Crippen molar-refractivity contribution in [1.82, 2.24) is 15.3 Å². The van der Waals surface area contributed by atoms with E-state index >= 15 is 0 Å². The van der Waals surface area contributed by atoms with Crippen molar-refractivity contribution in [2.75, 3.05) is 29.9 Å². The number of nitriles is 1. The van der Waals surface area contributed by atoms with Crippen molar-refractivity contribution in [1.29, 1.82) is 5.26 Å².